The predicted molar refractivity (Wildman–Crippen MR) is 81.1 cm³/mol. The Kier molecular flexibility index (Phi) is 5.08. The largest absolute Gasteiger partial charge is 0.224 e. The summed E-state index contributed by atoms with van der Waals surface area (Å²) in [7, 11) is 0. The topological polar surface area (TPSA) is 43.6 Å². The molecule has 8 heteroatoms. The Balaban J connectivity index is 0.000000497. The molecule has 110 valence electrons. The Bertz CT molecular complexity index is 763. The maximum Gasteiger partial charge on any atom is 0.167 e. The Labute approximate surface area is 130 Å². The first-order valence-electron chi connectivity index (χ1n) is 5.99. The first-order chi connectivity index (χ1) is 10.1. The highest BCUT2D eigenvalue weighted by molar-refractivity contribution is 7.80. The van der Waals surface area contributed by atoms with Gasteiger partial charge in [0.1, 0.15) is 23.0 Å². The third-order valence-corrected chi connectivity index (χ3v) is 2.76. The zero-order chi connectivity index (χ0) is 15.4. The summed E-state index contributed by atoms with van der Waals surface area (Å²) < 4.78 is 27.8. The van der Waals surface area contributed by atoms with Crippen LogP contribution in [0.1, 0.15) is 6.92 Å². The van der Waals surface area contributed by atoms with E-state index in [1.165, 1.54) is 23.3 Å². The second kappa shape index (κ2) is 6.82. The van der Waals surface area contributed by atoms with E-state index in [4.69, 9.17) is 11.6 Å². The highest BCUT2D eigenvalue weighted by atomic mass is 35.5. The van der Waals surface area contributed by atoms with Crippen LogP contribution < -0.4 is 0 Å². The molecule has 0 fully saturated rings. The van der Waals surface area contributed by atoms with Crippen LogP contribution in [0.5, 0.6) is 0 Å². The van der Waals surface area contributed by atoms with Gasteiger partial charge < -0.3 is 0 Å². The van der Waals surface area contributed by atoms with Crippen LogP contribution in [0.4, 0.5) is 8.78 Å². The van der Waals surface area contributed by atoms with Crippen molar-refractivity contribution in [3.63, 3.8) is 0 Å². The number of fused-ring (bicyclic) bond motifs is 1. The lowest BCUT2D eigenvalue weighted by Gasteiger charge is -2.04. The quantitative estimate of drug-likeness (QED) is 0.547. The molecule has 3 aromatic rings. The summed E-state index contributed by atoms with van der Waals surface area (Å²) in [6, 6.07) is 3.22. The van der Waals surface area contributed by atoms with E-state index >= 15 is 0 Å². The van der Waals surface area contributed by atoms with Crippen LogP contribution in [-0.4, -0.2) is 25.5 Å². The van der Waals surface area contributed by atoms with Crippen molar-refractivity contribution < 1.29 is 8.78 Å². The minimum absolute atomic E-state index is 0.0983. The maximum atomic E-state index is 13.7. The third-order valence-electron chi connectivity index (χ3n) is 2.46. The molecule has 0 aliphatic rings. The van der Waals surface area contributed by atoms with E-state index in [2.05, 4.69) is 27.7 Å². The molecule has 0 saturated heterocycles. The number of nitrogens with zero attached hydrogens (tertiary/aromatic N) is 4. The fourth-order valence-electron chi connectivity index (χ4n) is 1.64. The lowest BCUT2D eigenvalue weighted by atomic mass is 10.3. The molecule has 0 radical (unpaired) electrons. The first-order valence-corrected chi connectivity index (χ1v) is 7.00. The van der Waals surface area contributed by atoms with Crippen molar-refractivity contribution >= 4 is 35.3 Å². The molecule has 3 rings (SSSR count). The molecule has 21 heavy (non-hydrogen) atoms. The van der Waals surface area contributed by atoms with Crippen molar-refractivity contribution in [1.29, 1.82) is 0 Å². The molecule has 0 spiro atoms. The second-order valence-electron chi connectivity index (χ2n) is 3.87. The smallest absolute Gasteiger partial charge is 0.167 e. The molecule has 2 heterocycles. The summed E-state index contributed by atoms with van der Waals surface area (Å²) in [5.41, 5.74) is 0.460. The molecule has 4 nitrogen and oxygen atoms in total. The van der Waals surface area contributed by atoms with E-state index in [9.17, 15) is 8.78 Å². The standard InChI is InChI=1S/C11H5ClF2N4.C2H6S/c12-10-7-4-17-18(11(7)16-5-15-10)9-2-1-6(13)3-8(9)14;1-2-3/h1-5H;3H,2H2,1H3. The molecule has 0 atom stereocenters. The van der Waals surface area contributed by atoms with Crippen molar-refractivity contribution in [2.75, 3.05) is 5.75 Å². The van der Waals surface area contributed by atoms with Crippen LogP contribution in [0, 0.1) is 11.6 Å². The van der Waals surface area contributed by atoms with Crippen molar-refractivity contribution in [3.05, 3.63) is 47.5 Å². The summed E-state index contributed by atoms with van der Waals surface area (Å²) in [6.07, 6.45) is 2.69. The number of aromatic nitrogens is 4. The van der Waals surface area contributed by atoms with Crippen molar-refractivity contribution in [2.24, 2.45) is 0 Å². The van der Waals surface area contributed by atoms with Crippen LogP contribution in [0.2, 0.25) is 5.15 Å². The summed E-state index contributed by atoms with van der Waals surface area (Å²) in [6.45, 7) is 1.99. The molecule has 0 bridgehead atoms. The van der Waals surface area contributed by atoms with Gasteiger partial charge in [0.05, 0.1) is 11.6 Å². The van der Waals surface area contributed by atoms with Crippen LogP contribution >= 0.6 is 24.2 Å². The minimum atomic E-state index is -0.727. The predicted octanol–water partition coefficient (Wildman–Crippen LogP) is 3.68. The lowest BCUT2D eigenvalue weighted by molar-refractivity contribution is 0.574. The fraction of sp³-hybridized carbons (Fsp3) is 0.154. The molecule has 0 amide bonds. The molecular weight excluding hydrogens is 318 g/mol. The first kappa shape index (κ1) is 15.7. The van der Waals surface area contributed by atoms with Gasteiger partial charge in [-0.2, -0.15) is 17.7 Å². The number of halogens is 3. The second-order valence-corrected chi connectivity index (χ2v) is 4.86. The van der Waals surface area contributed by atoms with E-state index < -0.39 is 11.6 Å². The molecule has 0 unspecified atom stereocenters. The van der Waals surface area contributed by atoms with Gasteiger partial charge in [-0.1, -0.05) is 18.5 Å². The Hall–Kier alpha value is -1.73. The van der Waals surface area contributed by atoms with Crippen LogP contribution in [0.15, 0.2) is 30.7 Å². The van der Waals surface area contributed by atoms with E-state index in [1.54, 1.807) is 0 Å². The molecule has 2 aromatic heterocycles. The van der Waals surface area contributed by atoms with E-state index in [-0.39, 0.29) is 10.8 Å². The van der Waals surface area contributed by atoms with Gasteiger partial charge >= 0.3 is 0 Å². The number of benzene rings is 1. The number of thiol groups is 1. The van der Waals surface area contributed by atoms with Crippen molar-refractivity contribution in [1.82, 2.24) is 19.7 Å². The minimum Gasteiger partial charge on any atom is -0.224 e. The summed E-state index contributed by atoms with van der Waals surface area (Å²) >= 11 is 9.65. The summed E-state index contributed by atoms with van der Waals surface area (Å²) in [4.78, 5) is 7.78. The Morgan fingerprint density at radius 3 is 2.67 bits per heavy atom. The zero-order valence-electron chi connectivity index (χ0n) is 11.0. The molecular formula is C13H11ClF2N4S. The number of hydrogen-bond donors (Lipinski definition) is 1. The van der Waals surface area contributed by atoms with Gasteiger partial charge in [-0.15, -0.1) is 0 Å². The zero-order valence-corrected chi connectivity index (χ0v) is 12.6. The van der Waals surface area contributed by atoms with Gasteiger partial charge in [-0.25, -0.2) is 23.4 Å². The molecule has 0 saturated carbocycles. The van der Waals surface area contributed by atoms with Gasteiger partial charge in [0, 0.05) is 6.07 Å². The van der Waals surface area contributed by atoms with Crippen molar-refractivity contribution in [3.8, 4) is 5.69 Å². The summed E-state index contributed by atoms with van der Waals surface area (Å²) in [5.74, 6) is -0.435. The Morgan fingerprint density at radius 1 is 1.29 bits per heavy atom. The molecule has 1 aromatic carbocycles. The van der Waals surface area contributed by atoms with E-state index in [0.717, 1.165) is 17.9 Å². The average molecular weight is 329 g/mol. The Morgan fingerprint density at radius 2 is 2.00 bits per heavy atom. The summed E-state index contributed by atoms with van der Waals surface area (Å²) in [5, 5.41) is 4.72. The molecule has 0 N–H and O–H groups in total. The lowest BCUT2D eigenvalue weighted by Crippen LogP contribution is -2.01. The van der Waals surface area contributed by atoms with Crippen LogP contribution in [0.25, 0.3) is 16.7 Å². The highest BCUT2D eigenvalue weighted by Crippen LogP contribution is 2.22. The highest BCUT2D eigenvalue weighted by Gasteiger charge is 2.13. The van der Waals surface area contributed by atoms with Crippen molar-refractivity contribution in [2.45, 2.75) is 6.92 Å². The third kappa shape index (κ3) is 3.30. The number of hydrogen-bond acceptors (Lipinski definition) is 4. The maximum absolute atomic E-state index is 13.7. The normalized spacial score (nSPS) is 10.3. The van der Waals surface area contributed by atoms with Crippen LogP contribution in [-0.2, 0) is 0 Å². The SMILES string of the molecule is CCS.Fc1ccc(-n2ncc3c(Cl)ncnc32)c(F)c1. The fourth-order valence-corrected chi connectivity index (χ4v) is 1.82. The van der Waals surface area contributed by atoms with Gasteiger partial charge in [0.15, 0.2) is 11.5 Å². The van der Waals surface area contributed by atoms with Gasteiger partial charge in [-0.3, -0.25) is 0 Å². The average Bonchev–Trinajstić information content (AvgIpc) is 2.85. The van der Waals surface area contributed by atoms with Gasteiger partial charge in [-0.05, 0) is 17.9 Å². The molecule has 0 aliphatic carbocycles. The molecule has 0 aliphatic heterocycles. The van der Waals surface area contributed by atoms with E-state index in [1.807, 2.05) is 6.92 Å². The monoisotopic (exact) mass is 328 g/mol. The van der Waals surface area contributed by atoms with Crippen LogP contribution in [0.3, 0.4) is 0 Å². The van der Waals surface area contributed by atoms with E-state index in [0.29, 0.717) is 11.0 Å². The van der Waals surface area contributed by atoms with Gasteiger partial charge in [0.25, 0.3) is 0 Å². The van der Waals surface area contributed by atoms with Gasteiger partial charge in [0.2, 0.25) is 0 Å². The number of rotatable bonds is 1.